The normalized spacial score (nSPS) is 15.2. The van der Waals surface area contributed by atoms with Crippen molar-refractivity contribution < 1.29 is 29.1 Å². The molecule has 31 heavy (non-hydrogen) atoms. The Bertz CT molecular complexity index is 664. The highest BCUT2D eigenvalue weighted by Crippen LogP contribution is 2.09. The fraction of sp³-hybridized carbons (Fsp3) is 0.750. The van der Waals surface area contributed by atoms with Gasteiger partial charge in [0.15, 0.2) is 0 Å². The van der Waals surface area contributed by atoms with E-state index >= 15 is 0 Å². The van der Waals surface area contributed by atoms with E-state index < -0.39 is 60.2 Å². The maximum Gasteiger partial charge on any atom is 0.326 e. The number of nitrogens with one attached hydrogen (secondary N) is 3. The number of carbonyl (C=O) groups is 5. The molecule has 0 bridgehead atoms. The number of amides is 4. The monoisotopic (exact) mass is 443 g/mol. The quantitative estimate of drug-likeness (QED) is 0.212. The third-order valence-electron chi connectivity index (χ3n) is 4.63. The first kappa shape index (κ1) is 28.3. The molecule has 0 saturated carbocycles. The maximum atomic E-state index is 12.9. The molecule has 0 aliphatic heterocycles. The summed E-state index contributed by atoms with van der Waals surface area (Å²) in [7, 11) is 0. The van der Waals surface area contributed by atoms with Crippen LogP contribution in [0.4, 0.5) is 0 Å². The fourth-order valence-corrected chi connectivity index (χ4v) is 2.73. The van der Waals surface area contributed by atoms with Gasteiger partial charge >= 0.3 is 5.97 Å². The van der Waals surface area contributed by atoms with Crippen LogP contribution < -0.4 is 27.4 Å². The van der Waals surface area contributed by atoms with E-state index in [1.54, 1.807) is 27.7 Å². The number of carboxylic acid groups (broad SMARTS) is 1. The Morgan fingerprint density at radius 1 is 0.774 bits per heavy atom. The second-order valence-corrected chi connectivity index (χ2v) is 8.76. The first-order chi connectivity index (χ1) is 14.2. The van der Waals surface area contributed by atoms with Gasteiger partial charge < -0.3 is 32.5 Å². The summed E-state index contributed by atoms with van der Waals surface area (Å²) in [5, 5.41) is 16.6. The van der Waals surface area contributed by atoms with E-state index in [9.17, 15) is 29.1 Å². The minimum absolute atomic E-state index is 0.0167. The first-order valence-corrected chi connectivity index (χ1v) is 10.3. The average Bonchev–Trinajstić information content (AvgIpc) is 2.62. The van der Waals surface area contributed by atoms with E-state index in [2.05, 4.69) is 16.0 Å². The van der Waals surface area contributed by atoms with Crippen molar-refractivity contribution in [2.75, 3.05) is 0 Å². The van der Waals surface area contributed by atoms with Gasteiger partial charge in [0.2, 0.25) is 23.6 Å². The first-order valence-electron chi connectivity index (χ1n) is 10.3. The van der Waals surface area contributed by atoms with Gasteiger partial charge in [-0.3, -0.25) is 19.2 Å². The van der Waals surface area contributed by atoms with Gasteiger partial charge in [-0.1, -0.05) is 41.5 Å². The molecule has 0 saturated heterocycles. The van der Waals surface area contributed by atoms with Crippen LogP contribution in [0.1, 0.15) is 54.4 Å². The molecule has 0 rings (SSSR count). The molecule has 4 atom stereocenters. The zero-order valence-electron chi connectivity index (χ0n) is 19.1. The smallest absolute Gasteiger partial charge is 0.326 e. The predicted molar refractivity (Wildman–Crippen MR) is 114 cm³/mol. The van der Waals surface area contributed by atoms with Crippen molar-refractivity contribution in [3.63, 3.8) is 0 Å². The van der Waals surface area contributed by atoms with Crippen molar-refractivity contribution >= 4 is 29.6 Å². The van der Waals surface area contributed by atoms with E-state index in [-0.39, 0.29) is 24.2 Å². The summed E-state index contributed by atoms with van der Waals surface area (Å²) in [4.78, 5) is 60.2. The minimum Gasteiger partial charge on any atom is -0.480 e. The fourth-order valence-electron chi connectivity index (χ4n) is 2.73. The number of hydrogen-bond donors (Lipinski definition) is 6. The Morgan fingerprint density at radius 2 is 1.29 bits per heavy atom. The highest BCUT2D eigenvalue weighted by atomic mass is 16.4. The SMILES string of the molecule is CC(C)CC(NC(=O)C(NC(=O)C(N)C(C)C)C(C)C)C(=O)NC(CC(N)=O)C(=O)O. The number of hydrogen-bond acceptors (Lipinski definition) is 6. The maximum absolute atomic E-state index is 12.9. The summed E-state index contributed by atoms with van der Waals surface area (Å²) in [5.41, 5.74) is 10.9. The second kappa shape index (κ2) is 12.9. The van der Waals surface area contributed by atoms with E-state index in [1.807, 2.05) is 13.8 Å². The lowest BCUT2D eigenvalue weighted by Crippen LogP contribution is -2.59. The van der Waals surface area contributed by atoms with Crippen molar-refractivity contribution in [3.05, 3.63) is 0 Å². The summed E-state index contributed by atoms with van der Waals surface area (Å²) in [6, 6.07) is -4.32. The molecule has 4 unspecified atom stereocenters. The predicted octanol–water partition coefficient (Wildman–Crippen LogP) is -0.914. The van der Waals surface area contributed by atoms with Gasteiger partial charge in [0, 0.05) is 0 Å². The Labute approximate surface area is 183 Å². The summed E-state index contributed by atoms with van der Waals surface area (Å²) >= 11 is 0. The zero-order valence-corrected chi connectivity index (χ0v) is 19.1. The van der Waals surface area contributed by atoms with Gasteiger partial charge in [-0.05, 0) is 24.2 Å². The van der Waals surface area contributed by atoms with Crippen molar-refractivity contribution in [2.45, 2.75) is 78.6 Å². The average molecular weight is 444 g/mol. The lowest BCUT2D eigenvalue weighted by atomic mass is 9.98. The lowest BCUT2D eigenvalue weighted by molar-refractivity contribution is -0.144. The van der Waals surface area contributed by atoms with E-state index in [4.69, 9.17) is 11.5 Å². The summed E-state index contributed by atoms with van der Waals surface area (Å²) < 4.78 is 0. The summed E-state index contributed by atoms with van der Waals surface area (Å²) in [6.45, 7) is 10.7. The van der Waals surface area contributed by atoms with Crippen LogP contribution in [0.3, 0.4) is 0 Å². The Hall–Kier alpha value is -2.69. The van der Waals surface area contributed by atoms with Gasteiger partial charge in [-0.15, -0.1) is 0 Å². The van der Waals surface area contributed by atoms with Crippen LogP contribution in [0, 0.1) is 17.8 Å². The van der Waals surface area contributed by atoms with Crippen molar-refractivity contribution in [2.24, 2.45) is 29.2 Å². The molecule has 178 valence electrons. The molecule has 0 aromatic rings. The summed E-state index contributed by atoms with van der Waals surface area (Å²) in [6.07, 6.45) is -0.369. The summed E-state index contributed by atoms with van der Waals surface area (Å²) in [5.74, 6) is -4.59. The highest BCUT2D eigenvalue weighted by Gasteiger charge is 2.32. The molecule has 0 spiro atoms. The van der Waals surface area contributed by atoms with Crippen LogP contribution in [0.25, 0.3) is 0 Å². The van der Waals surface area contributed by atoms with Gasteiger partial charge in [0.25, 0.3) is 0 Å². The molecule has 11 nitrogen and oxygen atoms in total. The number of nitrogens with two attached hydrogens (primary N) is 2. The third kappa shape index (κ3) is 10.3. The third-order valence-corrected chi connectivity index (χ3v) is 4.63. The molecule has 0 fully saturated rings. The molecular formula is C20H37N5O6. The molecule has 0 aliphatic carbocycles. The van der Waals surface area contributed by atoms with E-state index in [0.717, 1.165) is 0 Å². The van der Waals surface area contributed by atoms with Gasteiger partial charge in [-0.25, -0.2) is 4.79 Å². The number of rotatable bonds is 13. The number of carbonyl (C=O) groups excluding carboxylic acids is 4. The Kier molecular flexibility index (Phi) is 11.8. The molecule has 0 heterocycles. The molecule has 0 aliphatic rings. The van der Waals surface area contributed by atoms with Gasteiger partial charge in [0.05, 0.1) is 12.5 Å². The molecule has 4 amide bonds. The van der Waals surface area contributed by atoms with Crippen LogP contribution in [0.15, 0.2) is 0 Å². The van der Waals surface area contributed by atoms with Crippen molar-refractivity contribution in [1.29, 1.82) is 0 Å². The largest absolute Gasteiger partial charge is 0.480 e. The van der Waals surface area contributed by atoms with Crippen LogP contribution >= 0.6 is 0 Å². The molecule has 11 heteroatoms. The molecule has 8 N–H and O–H groups in total. The van der Waals surface area contributed by atoms with Crippen LogP contribution in [-0.2, 0) is 24.0 Å². The Morgan fingerprint density at radius 3 is 1.68 bits per heavy atom. The standard InChI is InChI=1S/C20H37N5O6/c1-9(2)7-12(17(27)24-13(20(30)31)8-14(21)26)23-19(29)16(11(5)6)25-18(28)15(22)10(3)4/h9-13,15-16H,7-8,22H2,1-6H3,(H2,21,26)(H,23,29)(H,24,27)(H,25,28)(H,30,31). The molecular weight excluding hydrogens is 406 g/mol. The van der Waals surface area contributed by atoms with E-state index in [1.165, 1.54) is 0 Å². The highest BCUT2D eigenvalue weighted by molar-refractivity contribution is 5.95. The van der Waals surface area contributed by atoms with Crippen molar-refractivity contribution in [3.8, 4) is 0 Å². The molecule has 0 aromatic carbocycles. The molecule has 0 aromatic heterocycles. The second-order valence-electron chi connectivity index (χ2n) is 8.76. The number of aliphatic carboxylic acids is 1. The van der Waals surface area contributed by atoms with Crippen LogP contribution in [-0.4, -0.2) is 58.9 Å². The van der Waals surface area contributed by atoms with Crippen molar-refractivity contribution in [1.82, 2.24) is 16.0 Å². The lowest BCUT2D eigenvalue weighted by Gasteiger charge is -2.28. The number of carboxylic acids is 1. The topological polar surface area (TPSA) is 194 Å². The van der Waals surface area contributed by atoms with Gasteiger partial charge in [0.1, 0.15) is 18.1 Å². The van der Waals surface area contributed by atoms with Gasteiger partial charge in [-0.2, -0.15) is 0 Å². The number of primary amides is 1. The minimum atomic E-state index is -1.51. The van der Waals surface area contributed by atoms with Crippen LogP contribution in [0.5, 0.6) is 0 Å². The molecule has 0 radical (unpaired) electrons. The van der Waals surface area contributed by atoms with E-state index in [0.29, 0.717) is 0 Å². The Balaban J connectivity index is 5.47. The zero-order chi connectivity index (χ0) is 24.5. The van der Waals surface area contributed by atoms with Crippen LogP contribution in [0.2, 0.25) is 0 Å².